The van der Waals surface area contributed by atoms with Crippen molar-refractivity contribution in [2.45, 2.75) is 57.8 Å². The molecule has 0 spiro atoms. The largest absolute Gasteiger partial charge is 0.444 e. The molecule has 2 fully saturated rings. The Hall–Kier alpha value is -3.61. The number of nitrogens with zero attached hydrogens (tertiary/aromatic N) is 4. The Morgan fingerprint density at radius 1 is 1.00 bits per heavy atom. The van der Waals surface area contributed by atoms with Gasteiger partial charge in [-0.1, -0.05) is 30.3 Å². The first kappa shape index (κ1) is 23.1. The third-order valence-electron chi connectivity index (χ3n) is 6.67. The summed E-state index contributed by atoms with van der Waals surface area (Å²) in [6, 6.07) is 19.2. The Labute approximate surface area is 207 Å². The summed E-state index contributed by atoms with van der Waals surface area (Å²) in [5, 5.41) is 3.51. The first-order chi connectivity index (χ1) is 16.8. The van der Waals surface area contributed by atoms with Crippen molar-refractivity contribution in [1.29, 1.82) is 0 Å². The van der Waals surface area contributed by atoms with Crippen molar-refractivity contribution in [1.82, 2.24) is 14.9 Å². The predicted octanol–water partition coefficient (Wildman–Crippen LogP) is 5.51. The molecule has 1 amide bonds. The molecule has 2 aliphatic rings. The van der Waals surface area contributed by atoms with Gasteiger partial charge in [-0.15, -0.1) is 0 Å². The zero-order valence-corrected chi connectivity index (χ0v) is 20.8. The summed E-state index contributed by atoms with van der Waals surface area (Å²) >= 11 is 0. The Kier molecular flexibility index (Phi) is 6.09. The number of anilines is 2. The number of benzene rings is 1. The van der Waals surface area contributed by atoms with E-state index >= 15 is 0 Å². The summed E-state index contributed by atoms with van der Waals surface area (Å²) in [7, 11) is 0. The molecule has 2 bridgehead atoms. The molecule has 3 unspecified atom stereocenters. The number of nitrogens with one attached hydrogen (secondary N) is 1. The third-order valence-corrected chi connectivity index (χ3v) is 6.67. The molecule has 3 atom stereocenters. The molecule has 2 saturated heterocycles. The highest BCUT2D eigenvalue weighted by Gasteiger charge is 2.47. The van der Waals surface area contributed by atoms with Gasteiger partial charge in [0.05, 0.1) is 12.1 Å². The molecule has 1 N–H and O–H groups in total. The average Bonchev–Trinajstić information content (AvgIpc) is 3.45. The third kappa shape index (κ3) is 5.09. The fourth-order valence-electron chi connectivity index (χ4n) is 4.98. The minimum absolute atomic E-state index is 0.153. The van der Waals surface area contributed by atoms with Crippen LogP contribution in [-0.4, -0.2) is 51.7 Å². The Morgan fingerprint density at radius 3 is 2.40 bits per heavy atom. The number of carbonyl (C=O) groups is 1. The summed E-state index contributed by atoms with van der Waals surface area (Å²) in [5.41, 5.74) is 2.92. The lowest BCUT2D eigenvalue weighted by molar-refractivity contribution is 0.0214. The van der Waals surface area contributed by atoms with E-state index in [1.54, 1.807) is 0 Å². The zero-order valence-electron chi connectivity index (χ0n) is 20.8. The summed E-state index contributed by atoms with van der Waals surface area (Å²) in [6.07, 6.45) is 4.44. The van der Waals surface area contributed by atoms with Crippen molar-refractivity contribution in [2.24, 2.45) is 0 Å². The fourth-order valence-corrected chi connectivity index (χ4v) is 4.98. The van der Waals surface area contributed by atoms with Crippen LogP contribution in [0.3, 0.4) is 0 Å². The highest BCUT2D eigenvalue weighted by atomic mass is 16.6. The first-order valence-electron chi connectivity index (χ1n) is 12.3. The number of hydrogen-bond acceptors (Lipinski definition) is 6. The Balaban J connectivity index is 1.28. The van der Waals surface area contributed by atoms with Crippen LogP contribution in [0.4, 0.5) is 16.4 Å². The highest BCUT2D eigenvalue weighted by molar-refractivity contribution is 5.72. The number of hydrogen-bond donors (Lipinski definition) is 1. The number of fused-ring (bicyclic) bond motifs is 2. The van der Waals surface area contributed by atoms with Crippen molar-refractivity contribution in [3.05, 3.63) is 72.6 Å². The maximum atomic E-state index is 12.6. The number of carbonyl (C=O) groups excluding carboxylic acids is 1. The minimum Gasteiger partial charge on any atom is -0.444 e. The number of piperazine rings is 1. The quantitative estimate of drug-likeness (QED) is 0.529. The van der Waals surface area contributed by atoms with E-state index < -0.39 is 5.60 Å². The van der Waals surface area contributed by atoms with Crippen molar-refractivity contribution >= 4 is 17.7 Å². The van der Waals surface area contributed by atoms with Gasteiger partial charge in [0.2, 0.25) is 0 Å². The van der Waals surface area contributed by atoms with Crippen LogP contribution >= 0.6 is 0 Å². The predicted molar refractivity (Wildman–Crippen MR) is 138 cm³/mol. The van der Waals surface area contributed by atoms with Gasteiger partial charge in [-0.25, -0.2) is 14.8 Å². The molecule has 0 aliphatic carbocycles. The van der Waals surface area contributed by atoms with Crippen molar-refractivity contribution < 1.29 is 9.53 Å². The van der Waals surface area contributed by atoms with Gasteiger partial charge in [0, 0.05) is 31.5 Å². The lowest BCUT2D eigenvalue weighted by Gasteiger charge is -2.35. The van der Waals surface area contributed by atoms with E-state index in [4.69, 9.17) is 4.74 Å². The first-order valence-corrected chi connectivity index (χ1v) is 12.3. The summed E-state index contributed by atoms with van der Waals surface area (Å²) in [4.78, 5) is 26.0. The smallest absolute Gasteiger partial charge is 0.410 e. The molecular weight excluding hydrogens is 438 g/mol. The maximum Gasteiger partial charge on any atom is 0.410 e. The van der Waals surface area contributed by atoms with Crippen molar-refractivity contribution in [2.75, 3.05) is 23.3 Å². The summed E-state index contributed by atoms with van der Waals surface area (Å²) < 4.78 is 5.60. The minimum atomic E-state index is -0.481. The van der Waals surface area contributed by atoms with E-state index in [1.807, 2.05) is 68.4 Å². The summed E-state index contributed by atoms with van der Waals surface area (Å²) in [5.74, 6) is 1.79. The van der Waals surface area contributed by atoms with Crippen LogP contribution in [0.1, 0.15) is 45.7 Å². The van der Waals surface area contributed by atoms with Crippen LogP contribution in [0.15, 0.2) is 67.0 Å². The molecule has 2 aromatic heterocycles. The number of amides is 1. The standard InChI is InChI=1S/C28H33N5O2/c1-19(20-8-6-5-7-9-20)31-25-14-21(10-12-29-25)22-11-13-30-26(15-22)32-17-24-16-23(32)18-33(24)27(34)35-28(2,3)4/h5-15,19,23-24H,16-18H2,1-4H3,(H,29,31). The average molecular weight is 472 g/mol. The van der Waals surface area contributed by atoms with E-state index in [0.717, 1.165) is 35.7 Å². The lowest BCUT2D eigenvalue weighted by Crippen LogP contribution is -2.50. The van der Waals surface area contributed by atoms with Gasteiger partial charge in [0.15, 0.2) is 0 Å². The second kappa shape index (κ2) is 9.21. The van der Waals surface area contributed by atoms with Gasteiger partial charge in [-0.2, -0.15) is 0 Å². The number of aromatic nitrogens is 2. The topological polar surface area (TPSA) is 70.6 Å². The number of ether oxygens (including phenoxy) is 1. The maximum absolute atomic E-state index is 12.6. The van der Waals surface area contributed by atoms with Crippen LogP contribution in [0.5, 0.6) is 0 Å². The van der Waals surface area contributed by atoms with E-state index in [0.29, 0.717) is 6.54 Å². The van der Waals surface area contributed by atoms with Crippen LogP contribution < -0.4 is 10.2 Å². The number of pyridine rings is 2. The Morgan fingerprint density at radius 2 is 1.71 bits per heavy atom. The second-order valence-electron chi connectivity index (χ2n) is 10.4. The van der Waals surface area contributed by atoms with Crippen LogP contribution in [0.25, 0.3) is 11.1 Å². The molecule has 35 heavy (non-hydrogen) atoms. The molecule has 0 saturated carbocycles. The normalized spacial score (nSPS) is 20.1. The van der Waals surface area contributed by atoms with Gasteiger partial charge in [0.25, 0.3) is 0 Å². The SMILES string of the molecule is CC(Nc1cc(-c2ccnc(N3CC4CC3CN4C(=O)OC(C)(C)C)c2)ccn1)c1ccccc1. The van der Waals surface area contributed by atoms with Gasteiger partial charge in [0.1, 0.15) is 17.2 Å². The molecule has 182 valence electrons. The van der Waals surface area contributed by atoms with Crippen LogP contribution in [0.2, 0.25) is 0 Å². The Bertz CT molecular complexity index is 1190. The van der Waals surface area contributed by atoms with Gasteiger partial charge in [-0.05, 0) is 75.1 Å². The zero-order chi connectivity index (χ0) is 24.6. The van der Waals surface area contributed by atoms with Crippen molar-refractivity contribution in [3.63, 3.8) is 0 Å². The fraction of sp³-hybridized carbons (Fsp3) is 0.393. The van der Waals surface area contributed by atoms with Gasteiger partial charge >= 0.3 is 6.09 Å². The van der Waals surface area contributed by atoms with E-state index in [-0.39, 0.29) is 24.2 Å². The van der Waals surface area contributed by atoms with Gasteiger partial charge < -0.3 is 19.9 Å². The molecule has 0 radical (unpaired) electrons. The molecule has 5 rings (SSSR count). The van der Waals surface area contributed by atoms with Crippen molar-refractivity contribution in [3.8, 4) is 11.1 Å². The summed E-state index contributed by atoms with van der Waals surface area (Å²) in [6.45, 7) is 9.30. The lowest BCUT2D eigenvalue weighted by atomic mass is 10.1. The molecular formula is C28H33N5O2. The van der Waals surface area contributed by atoms with Crippen LogP contribution in [0, 0.1) is 0 Å². The number of rotatable bonds is 5. The highest BCUT2D eigenvalue weighted by Crippen LogP contribution is 2.36. The van der Waals surface area contributed by atoms with E-state index in [1.165, 1.54) is 5.56 Å². The number of likely N-dealkylation sites (tertiary alicyclic amines) is 1. The van der Waals surface area contributed by atoms with E-state index in [9.17, 15) is 4.79 Å². The molecule has 4 heterocycles. The monoisotopic (exact) mass is 471 g/mol. The van der Waals surface area contributed by atoms with Gasteiger partial charge in [-0.3, -0.25) is 0 Å². The molecule has 3 aromatic rings. The molecule has 7 heteroatoms. The molecule has 1 aromatic carbocycles. The van der Waals surface area contributed by atoms with E-state index in [2.05, 4.69) is 51.4 Å². The molecule has 2 aliphatic heterocycles. The second-order valence-corrected chi connectivity index (χ2v) is 10.4. The van der Waals surface area contributed by atoms with Crippen LogP contribution in [-0.2, 0) is 4.74 Å². The molecule has 7 nitrogen and oxygen atoms in total.